The first kappa shape index (κ1) is 23.7. The molecule has 2 aliphatic heterocycles. The summed E-state index contributed by atoms with van der Waals surface area (Å²) in [6.45, 7) is 0.837. The summed E-state index contributed by atoms with van der Waals surface area (Å²) in [6.07, 6.45) is 6.43. The average molecular weight is 658 g/mol. The molecule has 6 rings (SSSR count). The van der Waals surface area contributed by atoms with Crippen LogP contribution >= 0.6 is 38.5 Å². The Labute approximate surface area is 232 Å². The van der Waals surface area contributed by atoms with Crippen LogP contribution in [0, 0.1) is 9.49 Å². The number of amides is 2. The van der Waals surface area contributed by atoms with Crippen molar-refractivity contribution in [1.82, 2.24) is 5.32 Å². The molecule has 8 heteroatoms. The highest BCUT2D eigenvalue weighted by Gasteiger charge is 2.39. The molecule has 36 heavy (non-hydrogen) atoms. The van der Waals surface area contributed by atoms with E-state index in [1.165, 1.54) is 16.7 Å². The number of hydrogen-bond donors (Lipinski definition) is 3. The summed E-state index contributed by atoms with van der Waals surface area (Å²) < 4.78 is 13.3. The van der Waals surface area contributed by atoms with Gasteiger partial charge in [0.15, 0.2) is 11.5 Å². The Bertz CT molecular complexity index is 1360. The molecule has 3 aromatic carbocycles. The van der Waals surface area contributed by atoms with Gasteiger partial charge in [-0.1, -0.05) is 46.3 Å². The number of halogens is 2. The molecule has 2 heterocycles. The summed E-state index contributed by atoms with van der Waals surface area (Å²) in [6, 6.07) is 18.5. The lowest BCUT2D eigenvalue weighted by molar-refractivity contribution is 0.174. The minimum atomic E-state index is -0.187. The number of benzene rings is 3. The largest absolute Gasteiger partial charge is 0.454 e. The van der Waals surface area contributed by atoms with Gasteiger partial charge in [-0.2, -0.15) is 0 Å². The number of allylic oxidation sites excluding steroid dienone is 2. The first-order valence-electron chi connectivity index (χ1n) is 12.0. The highest BCUT2D eigenvalue weighted by atomic mass is 127. The maximum atomic E-state index is 12.3. The topological polar surface area (TPSA) is 71.6 Å². The third-order valence-corrected chi connectivity index (χ3v) is 8.39. The fraction of sp³-hybridized carbons (Fsp3) is 0.250. The second-order valence-electron chi connectivity index (χ2n) is 9.27. The molecule has 0 radical (unpaired) electrons. The van der Waals surface area contributed by atoms with E-state index in [0.29, 0.717) is 18.4 Å². The number of ether oxygens (including phenoxy) is 2. The van der Waals surface area contributed by atoms with Crippen LogP contribution in [-0.4, -0.2) is 19.4 Å². The van der Waals surface area contributed by atoms with Crippen molar-refractivity contribution in [2.24, 2.45) is 5.92 Å². The second-order valence-corrected chi connectivity index (χ2v) is 11.4. The fourth-order valence-electron chi connectivity index (χ4n) is 5.34. The van der Waals surface area contributed by atoms with Crippen molar-refractivity contribution in [3.05, 3.63) is 91.5 Å². The summed E-state index contributed by atoms with van der Waals surface area (Å²) in [5.74, 6) is 2.35. The van der Waals surface area contributed by atoms with Gasteiger partial charge in [-0.05, 0) is 94.4 Å². The van der Waals surface area contributed by atoms with Gasteiger partial charge in [0.25, 0.3) is 0 Å². The fourth-order valence-corrected chi connectivity index (χ4v) is 6.45. The molecule has 3 aromatic rings. The van der Waals surface area contributed by atoms with Gasteiger partial charge in [0.1, 0.15) is 0 Å². The lowest BCUT2D eigenvalue weighted by atomic mass is 9.76. The molecule has 0 bridgehead atoms. The lowest BCUT2D eigenvalue weighted by Gasteiger charge is -2.38. The van der Waals surface area contributed by atoms with E-state index in [4.69, 9.17) is 9.47 Å². The van der Waals surface area contributed by atoms with Crippen LogP contribution in [0.5, 0.6) is 11.5 Å². The van der Waals surface area contributed by atoms with E-state index in [0.717, 1.165) is 43.8 Å². The number of nitrogens with one attached hydrogen (secondary N) is 3. The maximum absolute atomic E-state index is 12.3. The van der Waals surface area contributed by atoms with Crippen molar-refractivity contribution in [2.45, 2.75) is 24.8 Å². The molecule has 0 spiro atoms. The Hall–Kier alpha value is -2.72. The first-order chi connectivity index (χ1) is 17.5. The first-order valence-corrected chi connectivity index (χ1v) is 13.9. The van der Waals surface area contributed by atoms with Gasteiger partial charge in [-0.3, -0.25) is 0 Å². The molecule has 6 nitrogen and oxygen atoms in total. The van der Waals surface area contributed by atoms with Crippen LogP contribution in [-0.2, 0) is 6.42 Å². The van der Waals surface area contributed by atoms with Crippen molar-refractivity contribution < 1.29 is 14.3 Å². The monoisotopic (exact) mass is 657 g/mol. The molecule has 0 saturated heterocycles. The number of urea groups is 1. The van der Waals surface area contributed by atoms with E-state index in [-0.39, 0.29) is 18.9 Å². The predicted octanol–water partition coefficient (Wildman–Crippen LogP) is 6.97. The lowest BCUT2D eigenvalue weighted by Crippen LogP contribution is -2.31. The standard InChI is InChI=1S/C28H25BrIN3O3/c29-23-14-26-25(35-15-36-26)13-22(23)27-20-6-2-5-19(20)21-11-16(7-8-24(21)33-27)9-10-31-28(34)32-18-4-1-3-17(30)12-18/h1-5,7-8,11-14,19-20,27,33H,6,9-10,15H2,(H2,31,32,34)/t19-,20+,27-/m1/s1. The highest BCUT2D eigenvalue weighted by Crippen LogP contribution is 2.52. The van der Waals surface area contributed by atoms with Gasteiger partial charge in [-0.15, -0.1) is 0 Å². The SMILES string of the molecule is O=C(NCCc1ccc2c(c1)[C@@H]1C=CC[C@@H]1[C@H](c1cc3c(cc1Br)OCO3)N2)Nc1cccc(I)c1. The van der Waals surface area contributed by atoms with Crippen molar-refractivity contribution in [2.75, 3.05) is 24.0 Å². The Morgan fingerprint density at radius 2 is 1.94 bits per heavy atom. The van der Waals surface area contributed by atoms with E-state index in [1.54, 1.807) is 0 Å². The van der Waals surface area contributed by atoms with Gasteiger partial charge in [-0.25, -0.2) is 4.79 Å². The summed E-state index contributed by atoms with van der Waals surface area (Å²) >= 11 is 6.00. The Morgan fingerprint density at radius 3 is 2.81 bits per heavy atom. The van der Waals surface area contributed by atoms with E-state index < -0.39 is 0 Å². The zero-order valence-electron chi connectivity index (χ0n) is 19.4. The summed E-state index contributed by atoms with van der Waals surface area (Å²) in [5, 5.41) is 9.67. The molecule has 3 N–H and O–H groups in total. The molecule has 0 aromatic heterocycles. The van der Waals surface area contributed by atoms with Crippen LogP contribution < -0.4 is 25.4 Å². The van der Waals surface area contributed by atoms with E-state index in [1.807, 2.05) is 30.3 Å². The molecule has 3 aliphatic rings. The van der Waals surface area contributed by atoms with Gasteiger partial charge in [0.2, 0.25) is 6.79 Å². The molecular formula is C28H25BrIN3O3. The minimum Gasteiger partial charge on any atom is -0.454 e. The molecule has 2 amide bonds. The van der Waals surface area contributed by atoms with Crippen LogP contribution in [0.25, 0.3) is 0 Å². The van der Waals surface area contributed by atoms with Crippen molar-refractivity contribution in [1.29, 1.82) is 0 Å². The van der Waals surface area contributed by atoms with Crippen molar-refractivity contribution in [3.63, 3.8) is 0 Å². The Balaban J connectivity index is 1.15. The molecular weight excluding hydrogens is 633 g/mol. The number of fused-ring (bicyclic) bond motifs is 4. The molecule has 184 valence electrons. The quantitative estimate of drug-likeness (QED) is 0.205. The average Bonchev–Trinajstić information content (AvgIpc) is 3.53. The van der Waals surface area contributed by atoms with Crippen LogP contribution in [0.4, 0.5) is 16.2 Å². The molecule has 3 atom stereocenters. The normalized spacial score (nSPS) is 20.9. The van der Waals surface area contributed by atoms with E-state index in [2.05, 4.69) is 90.9 Å². The summed E-state index contributed by atoms with van der Waals surface area (Å²) in [7, 11) is 0. The van der Waals surface area contributed by atoms with Crippen molar-refractivity contribution >= 4 is 55.9 Å². The van der Waals surface area contributed by atoms with Gasteiger partial charge < -0.3 is 25.4 Å². The smallest absolute Gasteiger partial charge is 0.319 e. The minimum absolute atomic E-state index is 0.165. The predicted molar refractivity (Wildman–Crippen MR) is 153 cm³/mol. The maximum Gasteiger partial charge on any atom is 0.319 e. The number of carbonyl (C=O) groups excluding carboxylic acids is 1. The third kappa shape index (κ3) is 4.68. The molecule has 0 fully saturated rings. The Morgan fingerprint density at radius 1 is 1.08 bits per heavy atom. The summed E-state index contributed by atoms with van der Waals surface area (Å²) in [5.41, 5.74) is 5.68. The van der Waals surface area contributed by atoms with E-state index in [9.17, 15) is 4.79 Å². The number of hydrogen-bond acceptors (Lipinski definition) is 4. The molecule has 1 aliphatic carbocycles. The van der Waals surface area contributed by atoms with Crippen LogP contribution in [0.2, 0.25) is 0 Å². The van der Waals surface area contributed by atoms with Crippen LogP contribution in [0.15, 0.2) is 71.2 Å². The van der Waals surface area contributed by atoms with Gasteiger partial charge in [0, 0.05) is 31.9 Å². The zero-order chi connectivity index (χ0) is 24.6. The summed E-state index contributed by atoms with van der Waals surface area (Å²) in [4.78, 5) is 12.3. The number of carbonyl (C=O) groups is 1. The molecule has 0 saturated carbocycles. The van der Waals surface area contributed by atoms with Gasteiger partial charge >= 0.3 is 6.03 Å². The zero-order valence-corrected chi connectivity index (χ0v) is 23.1. The van der Waals surface area contributed by atoms with Gasteiger partial charge in [0.05, 0.1) is 6.04 Å². The number of anilines is 2. The van der Waals surface area contributed by atoms with Crippen LogP contribution in [0.1, 0.15) is 35.1 Å². The molecule has 0 unspecified atom stereocenters. The second kappa shape index (κ2) is 9.97. The highest BCUT2D eigenvalue weighted by molar-refractivity contribution is 14.1. The number of rotatable bonds is 5. The van der Waals surface area contributed by atoms with Crippen molar-refractivity contribution in [3.8, 4) is 11.5 Å². The van der Waals surface area contributed by atoms with E-state index >= 15 is 0 Å². The Kier molecular flexibility index (Phi) is 6.55. The van der Waals surface area contributed by atoms with Crippen LogP contribution in [0.3, 0.4) is 0 Å². The third-order valence-electron chi connectivity index (χ3n) is 7.04.